The fourth-order valence-corrected chi connectivity index (χ4v) is 1.91. The van der Waals surface area contributed by atoms with Crippen molar-refractivity contribution >= 4 is 0 Å². The summed E-state index contributed by atoms with van der Waals surface area (Å²) < 4.78 is 0. The topological polar surface area (TPSA) is 32.3 Å². The predicted molar refractivity (Wildman–Crippen MR) is 35.1 cm³/mol. The lowest BCUT2D eigenvalue weighted by atomic mass is 10.1. The van der Waals surface area contributed by atoms with Crippen molar-refractivity contribution < 1.29 is 5.11 Å². The highest BCUT2D eigenvalue weighted by molar-refractivity contribution is 5.01. The Labute approximate surface area is 55.3 Å². The van der Waals surface area contributed by atoms with E-state index in [0.717, 1.165) is 18.3 Å². The Bertz CT molecular complexity index is 115. The Morgan fingerprint density at radius 2 is 2.44 bits per heavy atom. The molecule has 2 nitrogen and oxygen atoms in total. The van der Waals surface area contributed by atoms with Crippen LogP contribution in [0.4, 0.5) is 0 Å². The molecule has 2 aliphatic rings. The number of hydrogen-bond donors (Lipinski definition) is 2. The first-order chi connectivity index (χ1) is 4.42. The summed E-state index contributed by atoms with van der Waals surface area (Å²) in [6.45, 7) is 1.55. The average Bonchev–Trinajstić information content (AvgIpc) is 2.54. The minimum absolute atomic E-state index is 0.348. The summed E-state index contributed by atoms with van der Waals surface area (Å²) in [5.41, 5.74) is 0. The molecule has 2 N–H and O–H groups in total. The van der Waals surface area contributed by atoms with Gasteiger partial charge in [0.1, 0.15) is 0 Å². The maximum atomic E-state index is 8.62. The lowest BCUT2D eigenvalue weighted by molar-refractivity contribution is 0.264. The lowest BCUT2D eigenvalue weighted by Crippen LogP contribution is -2.26. The van der Waals surface area contributed by atoms with E-state index < -0.39 is 0 Å². The summed E-state index contributed by atoms with van der Waals surface area (Å²) in [5, 5.41) is 12.0. The van der Waals surface area contributed by atoms with Crippen molar-refractivity contribution in [1.82, 2.24) is 5.32 Å². The monoisotopic (exact) mass is 127 g/mol. The van der Waals surface area contributed by atoms with Crippen LogP contribution in [-0.2, 0) is 0 Å². The van der Waals surface area contributed by atoms with Crippen LogP contribution in [0.5, 0.6) is 0 Å². The Balaban J connectivity index is 1.84. The summed E-state index contributed by atoms with van der Waals surface area (Å²) in [5.74, 6) is 1.90. The van der Waals surface area contributed by atoms with Crippen LogP contribution in [0.1, 0.15) is 12.8 Å². The van der Waals surface area contributed by atoms with Crippen LogP contribution in [0.2, 0.25) is 0 Å². The van der Waals surface area contributed by atoms with Gasteiger partial charge in [0, 0.05) is 12.6 Å². The number of rotatable bonds is 2. The van der Waals surface area contributed by atoms with Crippen molar-refractivity contribution in [3.63, 3.8) is 0 Å². The lowest BCUT2D eigenvalue weighted by Gasteiger charge is -2.09. The molecule has 1 heterocycles. The second-order valence-corrected chi connectivity index (χ2v) is 3.19. The number of nitrogens with one attached hydrogen (secondary N) is 1. The summed E-state index contributed by atoms with van der Waals surface area (Å²) in [6.07, 6.45) is 2.37. The highest BCUT2D eigenvalue weighted by Gasteiger charge is 2.47. The molecule has 0 aromatic heterocycles. The fraction of sp³-hybridized carbons (Fsp3) is 1.00. The zero-order valence-electron chi connectivity index (χ0n) is 5.51. The number of aliphatic hydroxyl groups is 1. The van der Waals surface area contributed by atoms with E-state index in [2.05, 4.69) is 5.32 Å². The molecule has 2 fully saturated rings. The van der Waals surface area contributed by atoms with Crippen LogP contribution < -0.4 is 5.32 Å². The molecule has 1 saturated heterocycles. The maximum absolute atomic E-state index is 8.62. The molecule has 1 aliphatic heterocycles. The predicted octanol–water partition coefficient (Wildman–Crippen LogP) is -0.0233. The fourth-order valence-electron chi connectivity index (χ4n) is 1.91. The number of piperidine rings is 1. The summed E-state index contributed by atoms with van der Waals surface area (Å²) in [6, 6.07) is 0.653. The van der Waals surface area contributed by atoms with Gasteiger partial charge in [-0.2, -0.15) is 0 Å². The van der Waals surface area contributed by atoms with Crippen molar-refractivity contribution in [3.8, 4) is 0 Å². The molecule has 0 radical (unpaired) electrons. The van der Waals surface area contributed by atoms with Crippen LogP contribution in [-0.4, -0.2) is 24.3 Å². The molecule has 2 heteroatoms. The molecule has 0 aromatic carbocycles. The first-order valence-electron chi connectivity index (χ1n) is 3.76. The van der Waals surface area contributed by atoms with E-state index in [-0.39, 0.29) is 0 Å². The van der Waals surface area contributed by atoms with Gasteiger partial charge in [0.05, 0.1) is 0 Å². The quantitative estimate of drug-likeness (QED) is 0.546. The number of hydrogen-bond acceptors (Lipinski definition) is 2. The van der Waals surface area contributed by atoms with Crippen LogP contribution in [0.3, 0.4) is 0 Å². The normalized spacial score (nSPS) is 47.0. The number of aliphatic hydroxyl groups excluding tert-OH is 1. The van der Waals surface area contributed by atoms with Gasteiger partial charge in [0.2, 0.25) is 0 Å². The Hall–Kier alpha value is -0.0800. The van der Waals surface area contributed by atoms with Gasteiger partial charge in [-0.25, -0.2) is 0 Å². The van der Waals surface area contributed by atoms with Crippen molar-refractivity contribution in [2.24, 2.45) is 11.8 Å². The Morgan fingerprint density at radius 1 is 1.56 bits per heavy atom. The third kappa shape index (κ3) is 0.864. The molecule has 3 unspecified atom stereocenters. The van der Waals surface area contributed by atoms with Crippen LogP contribution in [0.15, 0.2) is 0 Å². The Kier molecular flexibility index (Phi) is 1.24. The average molecular weight is 127 g/mol. The standard InChI is InChI=1S/C7H13NO/c9-2-1-7-6-3-5(6)4-8-7/h5-9H,1-4H2. The molecular formula is C7H13NO. The smallest absolute Gasteiger partial charge is 0.0445 e. The van der Waals surface area contributed by atoms with Gasteiger partial charge in [-0.3, -0.25) is 0 Å². The van der Waals surface area contributed by atoms with E-state index in [1.165, 1.54) is 13.0 Å². The van der Waals surface area contributed by atoms with Crippen LogP contribution >= 0.6 is 0 Å². The van der Waals surface area contributed by atoms with E-state index in [1.807, 2.05) is 0 Å². The summed E-state index contributed by atoms with van der Waals surface area (Å²) >= 11 is 0. The molecule has 2 rings (SSSR count). The summed E-state index contributed by atoms with van der Waals surface area (Å²) in [4.78, 5) is 0. The molecule has 0 aromatic rings. The molecule has 3 atom stereocenters. The molecule has 52 valence electrons. The molecule has 0 amide bonds. The zero-order chi connectivity index (χ0) is 6.27. The molecular weight excluding hydrogens is 114 g/mol. The van der Waals surface area contributed by atoms with Gasteiger partial charge in [0.15, 0.2) is 0 Å². The van der Waals surface area contributed by atoms with Crippen LogP contribution in [0, 0.1) is 11.8 Å². The zero-order valence-corrected chi connectivity index (χ0v) is 5.51. The van der Waals surface area contributed by atoms with E-state index in [1.54, 1.807) is 0 Å². The van der Waals surface area contributed by atoms with E-state index >= 15 is 0 Å². The van der Waals surface area contributed by atoms with Crippen molar-refractivity contribution in [2.45, 2.75) is 18.9 Å². The SMILES string of the molecule is OCCC1NCC2CC21. The van der Waals surface area contributed by atoms with E-state index in [0.29, 0.717) is 12.6 Å². The maximum Gasteiger partial charge on any atom is 0.0445 e. The highest BCUT2D eigenvalue weighted by Crippen LogP contribution is 2.45. The molecule has 0 spiro atoms. The van der Waals surface area contributed by atoms with Crippen molar-refractivity contribution in [3.05, 3.63) is 0 Å². The van der Waals surface area contributed by atoms with Crippen molar-refractivity contribution in [2.75, 3.05) is 13.2 Å². The van der Waals surface area contributed by atoms with Crippen molar-refractivity contribution in [1.29, 1.82) is 0 Å². The van der Waals surface area contributed by atoms with Gasteiger partial charge < -0.3 is 10.4 Å². The second kappa shape index (κ2) is 1.96. The third-order valence-electron chi connectivity index (χ3n) is 2.58. The minimum Gasteiger partial charge on any atom is -0.396 e. The van der Waals surface area contributed by atoms with Gasteiger partial charge in [-0.05, 0) is 31.2 Å². The second-order valence-electron chi connectivity index (χ2n) is 3.19. The molecule has 1 aliphatic carbocycles. The van der Waals surface area contributed by atoms with Gasteiger partial charge in [0.25, 0.3) is 0 Å². The van der Waals surface area contributed by atoms with Gasteiger partial charge >= 0.3 is 0 Å². The molecule has 0 bridgehead atoms. The first-order valence-corrected chi connectivity index (χ1v) is 3.76. The largest absolute Gasteiger partial charge is 0.396 e. The van der Waals surface area contributed by atoms with Crippen LogP contribution in [0.25, 0.3) is 0 Å². The van der Waals surface area contributed by atoms with Gasteiger partial charge in [-0.1, -0.05) is 0 Å². The van der Waals surface area contributed by atoms with Gasteiger partial charge in [-0.15, -0.1) is 0 Å². The number of fused-ring (bicyclic) bond motifs is 1. The Morgan fingerprint density at radius 3 is 2.89 bits per heavy atom. The first kappa shape index (κ1) is 5.69. The molecule has 9 heavy (non-hydrogen) atoms. The summed E-state index contributed by atoms with van der Waals surface area (Å²) in [7, 11) is 0. The molecule has 1 saturated carbocycles. The highest BCUT2D eigenvalue weighted by atomic mass is 16.3. The third-order valence-corrected chi connectivity index (χ3v) is 2.58. The van der Waals surface area contributed by atoms with E-state index in [4.69, 9.17) is 5.11 Å². The van der Waals surface area contributed by atoms with E-state index in [9.17, 15) is 0 Å². The minimum atomic E-state index is 0.348.